The molecular formula is C13H11BrN2O3. The van der Waals surface area contributed by atoms with Crippen molar-refractivity contribution in [1.29, 1.82) is 0 Å². The van der Waals surface area contributed by atoms with Crippen molar-refractivity contribution in [2.24, 2.45) is 0 Å². The number of hydrogen-bond acceptors (Lipinski definition) is 3. The van der Waals surface area contributed by atoms with Gasteiger partial charge in [0, 0.05) is 10.4 Å². The number of aromatic nitrogens is 2. The molecule has 6 heteroatoms. The summed E-state index contributed by atoms with van der Waals surface area (Å²) in [4.78, 5) is 11.1. The van der Waals surface area contributed by atoms with Crippen LogP contribution in [0.25, 0.3) is 5.69 Å². The minimum atomic E-state index is -1.02. The number of rotatable bonds is 1. The normalized spacial score (nSPS) is 17.1. The molecule has 0 saturated carbocycles. The van der Waals surface area contributed by atoms with Crippen molar-refractivity contribution >= 4 is 21.9 Å². The number of carbonyl (C=O) groups is 1. The smallest absolute Gasteiger partial charge is 0.356 e. The molecule has 1 N–H and O–H groups in total. The third-order valence-electron chi connectivity index (χ3n) is 3.10. The summed E-state index contributed by atoms with van der Waals surface area (Å²) >= 11 is 3.41. The number of carboxylic acid groups (broad SMARTS) is 1. The lowest BCUT2D eigenvalue weighted by Gasteiger charge is -2.08. The number of benzene rings is 1. The van der Waals surface area contributed by atoms with Crippen molar-refractivity contribution in [1.82, 2.24) is 9.78 Å². The fraction of sp³-hybridized carbons (Fsp3) is 0.231. The van der Waals surface area contributed by atoms with E-state index in [1.54, 1.807) is 10.7 Å². The first-order chi connectivity index (χ1) is 9.06. The van der Waals surface area contributed by atoms with Crippen molar-refractivity contribution in [2.75, 3.05) is 6.61 Å². The Bertz CT molecular complexity index is 666. The Morgan fingerprint density at radius 2 is 2.32 bits per heavy atom. The molecule has 0 saturated heterocycles. The van der Waals surface area contributed by atoms with Crippen molar-refractivity contribution in [3.05, 3.63) is 40.1 Å². The summed E-state index contributed by atoms with van der Waals surface area (Å²) in [5.41, 5.74) is 1.64. The number of hydrogen-bond donors (Lipinski definition) is 1. The second-order valence-corrected chi connectivity index (χ2v) is 5.41. The van der Waals surface area contributed by atoms with Gasteiger partial charge in [0.05, 0.1) is 12.3 Å². The molecule has 0 radical (unpaired) electrons. The van der Waals surface area contributed by atoms with Crippen LogP contribution in [-0.2, 0) is 0 Å². The summed E-state index contributed by atoms with van der Waals surface area (Å²) < 4.78 is 8.27. The van der Waals surface area contributed by atoms with Crippen LogP contribution in [0.3, 0.4) is 0 Å². The van der Waals surface area contributed by atoms with Crippen LogP contribution < -0.4 is 4.74 Å². The summed E-state index contributed by atoms with van der Waals surface area (Å²) in [6, 6.07) is 7.21. The topological polar surface area (TPSA) is 64.4 Å². The summed E-state index contributed by atoms with van der Waals surface area (Å²) in [6.45, 7) is 2.49. The van der Waals surface area contributed by atoms with Crippen molar-refractivity contribution in [3.63, 3.8) is 0 Å². The third kappa shape index (κ3) is 2.02. The van der Waals surface area contributed by atoms with E-state index >= 15 is 0 Å². The van der Waals surface area contributed by atoms with Crippen LogP contribution in [0, 0.1) is 0 Å². The minimum Gasteiger partial charge on any atom is -0.491 e. The van der Waals surface area contributed by atoms with Crippen LogP contribution in [0.2, 0.25) is 0 Å². The van der Waals surface area contributed by atoms with Crippen molar-refractivity contribution < 1.29 is 14.6 Å². The van der Waals surface area contributed by atoms with Crippen LogP contribution in [0.5, 0.6) is 5.75 Å². The van der Waals surface area contributed by atoms with Gasteiger partial charge in [0.2, 0.25) is 0 Å². The fourth-order valence-electron chi connectivity index (χ4n) is 2.12. The molecule has 1 unspecified atom stereocenters. The van der Waals surface area contributed by atoms with Crippen LogP contribution >= 0.6 is 15.9 Å². The molecule has 1 aliphatic rings. The predicted molar refractivity (Wildman–Crippen MR) is 72.1 cm³/mol. The molecule has 2 aromatic rings. The quantitative estimate of drug-likeness (QED) is 0.876. The monoisotopic (exact) mass is 322 g/mol. The van der Waals surface area contributed by atoms with E-state index in [1.165, 1.54) is 0 Å². The number of aromatic carboxylic acids is 1. The number of nitrogens with zero attached hydrogens (tertiary/aromatic N) is 2. The molecule has 0 bridgehead atoms. The molecule has 1 aromatic heterocycles. The highest BCUT2D eigenvalue weighted by molar-refractivity contribution is 9.10. The van der Waals surface area contributed by atoms with Crippen LogP contribution in [0.1, 0.15) is 29.0 Å². The lowest BCUT2D eigenvalue weighted by molar-refractivity contribution is 0.0690. The van der Waals surface area contributed by atoms with Crippen LogP contribution in [-0.4, -0.2) is 27.5 Å². The van der Waals surface area contributed by atoms with E-state index in [0.717, 1.165) is 15.9 Å². The Hall–Kier alpha value is -1.82. The Morgan fingerprint density at radius 1 is 1.53 bits per heavy atom. The zero-order valence-electron chi connectivity index (χ0n) is 10.1. The second kappa shape index (κ2) is 4.38. The third-order valence-corrected chi connectivity index (χ3v) is 3.59. The van der Waals surface area contributed by atoms with E-state index in [0.29, 0.717) is 12.4 Å². The molecule has 2 heterocycles. The van der Waals surface area contributed by atoms with E-state index in [1.807, 2.05) is 25.1 Å². The molecule has 5 nitrogen and oxygen atoms in total. The molecule has 19 heavy (non-hydrogen) atoms. The molecule has 1 aromatic carbocycles. The SMILES string of the molecule is CC1COc2ccc(Br)cc2-n2nc(C(=O)O)cc21. The van der Waals surface area contributed by atoms with Gasteiger partial charge >= 0.3 is 5.97 Å². The van der Waals surface area contributed by atoms with Gasteiger partial charge in [-0.15, -0.1) is 0 Å². The van der Waals surface area contributed by atoms with Crippen molar-refractivity contribution in [2.45, 2.75) is 12.8 Å². The molecular weight excluding hydrogens is 312 g/mol. The van der Waals surface area contributed by atoms with Gasteiger partial charge in [-0.3, -0.25) is 0 Å². The Labute approximate surface area is 117 Å². The average Bonchev–Trinajstić information content (AvgIpc) is 2.77. The molecule has 3 rings (SSSR count). The molecule has 0 amide bonds. The van der Waals surface area contributed by atoms with E-state index in [-0.39, 0.29) is 11.6 Å². The van der Waals surface area contributed by atoms with Gasteiger partial charge in [0.15, 0.2) is 5.69 Å². The Kier molecular flexibility index (Phi) is 2.82. The first kappa shape index (κ1) is 12.2. The maximum atomic E-state index is 11.1. The van der Waals surface area contributed by atoms with Crippen LogP contribution in [0.4, 0.5) is 0 Å². The van der Waals surface area contributed by atoms with Gasteiger partial charge in [0.1, 0.15) is 11.4 Å². The molecule has 0 fully saturated rings. The zero-order chi connectivity index (χ0) is 13.6. The highest BCUT2D eigenvalue weighted by atomic mass is 79.9. The van der Waals surface area contributed by atoms with Gasteiger partial charge in [-0.2, -0.15) is 5.10 Å². The molecule has 1 atom stereocenters. The van der Waals surface area contributed by atoms with Crippen molar-refractivity contribution in [3.8, 4) is 11.4 Å². The van der Waals surface area contributed by atoms with Gasteiger partial charge in [-0.25, -0.2) is 9.48 Å². The fourth-order valence-corrected chi connectivity index (χ4v) is 2.47. The number of ether oxygens (including phenoxy) is 1. The first-order valence-corrected chi connectivity index (χ1v) is 6.61. The maximum absolute atomic E-state index is 11.1. The van der Waals surface area contributed by atoms with Gasteiger partial charge in [0.25, 0.3) is 0 Å². The Morgan fingerprint density at radius 3 is 3.05 bits per heavy atom. The first-order valence-electron chi connectivity index (χ1n) is 5.82. The standard InChI is InChI=1S/C13H11BrN2O3/c1-7-6-19-12-3-2-8(14)4-11(12)16-10(7)5-9(15-16)13(17)18/h2-5,7H,6H2,1H3,(H,17,18). The number of fused-ring (bicyclic) bond motifs is 3. The largest absolute Gasteiger partial charge is 0.491 e. The Balaban J connectivity index is 2.25. The van der Waals surface area contributed by atoms with E-state index in [9.17, 15) is 4.79 Å². The van der Waals surface area contributed by atoms with Gasteiger partial charge in [-0.05, 0) is 24.3 Å². The zero-order valence-corrected chi connectivity index (χ0v) is 11.7. The van der Waals surface area contributed by atoms with E-state index in [4.69, 9.17) is 9.84 Å². The highest BCUT2D eigenvalue weighted by Crippen LogP contribution is 2.33. The van der Waals surface area contributed by atoms with Gasteiger partial charge < -0.3 is 9.84 Å². The van der Waals surface area contributed by atoms with Crippen LogP contribution in [0.15, 0.2) is 28.7 Å². The summed E-state index contributed by atoms with van der Waals surface area (Å²) in [5, 5.41) is 13.2. The molecule has 0 aliphatic carbocycles. The summed E-state index contributed by atoms with van der Waals surface area (Å²) in [7, 11) is 0. The predicted octanol–water partition coefficient (Wildman–Crippen LogP) is 2.83. The highest BCUT2D eigenvalue weighted by Gasteiger charge is 2.24. The molecule has 0 spiro atoms. The number of carboxylic acids is 1. The maximum Gasteiger partial charge on any atom is 0.356 e. The number of halogens is 1. The molecule has 1 aliphatic heterocycles. The van der Waals surface area contributed by atoms with E-state index in [2.05, 4.69) is 21.0 Å². The van der Waals surface area contributed by atoms with E-state index < -0.39 is 5.97 Å². The minimum absolute atomic E-state index is 0.0506. The lowest BCUT2D eigenvalue weighted by atomic mass is 10.1. The lowest BCUT2D eigenvalue weighted by Crippen LogP contribution is -2.06. The summed E-state index contributed by atoms with van der Waals surface area (Å²) in [5.74, 6) is -0.245. The molecule has 98 valence electrons. The van der Waals surface area contributed by atoms with Gasteiger partial charge in [-0.1, -0.05) is 22.9 Å². The second-order valence-electron chi connectivity index (χ2n) is 4.50. The summed E-state index contributed by atoms with van der Waals surface area (Å²) in [6.07, 6.45) is 0. The average molecular weight is 323 g/mol.